The zero-order valence-electron chi connectivity index (χ0n) is 12.8. The number of nitrogens with one attached hydrogen (secondary N) is 1. The van der Waals surface area contributed by atoms with Gasteiger partial charge in [-0.3, -0.25) is 0 Å². The minimum Gasteiger partial charge on any atom is -0.367 e. The van der Waals surface area contributed by atoms with Gasteiger partial charge in [-0.2, -0.15) is 5.48 Å². The number of carbonyl (C=O) groups excluding carboxylic acids is 1. The van der Waals surface area contributed by atoms with Crippen molar-refractivity contribution in [2.75, 3.05) is 6.54 Å². The highest BCUT2D eigenvalue weighted by molar-refractivity contribution is 5.86. The Labute approximate surface area is 118 Å². The van der Waals surface area contributed by atoms with Crippen molar-refractivity contribution in [2.24, 2.45) is 0 Å². The molecule has 0 rings (SSSR count). The average molecular weight is 269 g/mol. The van der Waals surface area contributed by atoms with Crippen molar-refractivity contribution in [2.45, 2.75) is 78.1 Å². The molecular formula is C16H31NO2. The van der Waals surface area contributed by atoms with Crippen LogP contribution in [0, 0.1) is 0 Å². The molecule has 0 aromatic rings. The third kappa shape index (κ3) is 13.4. The van der Waals surface area contributed by atoms with Gasteiger partial charge in [0.15, 0.2) is 0 Å². The molecule has 0 bridgehead atoms. The Kier molecular flexibility index (Phi) is 13.0. The van der Waals surface area contributed by atoms with Crippen LogP contribution in [-0.4, -0.2) is 12.5 Å². The molecule has 0 unspecified atom stereocenters. The number of unbranched alkanes of at least 4 members (excludes halogenated alkanes) is 9. The monoisotopic (exact) mass is 269 g/mol. The lowest BCUT2D eigenvalue weighted by molar-refractivity contribution is -0.146. The van der Waals surface area contributed by atoms with Crippen LogP contribution in [0.1, 0.15) is 78.1 Å². The van der Waals surface area contributed by atoms with Gasteiger partial charge in [0.05, 0.1) is 0 Å². The summed E-state index contributed by atoms with van der Waals surface area (Å²) in [5.41, 5.74) is 3.11. The van der Waals surface area contributed by atoms with Crippen LogP contribution in [-0.2, 0) is 9.63 Å². The van der Waals surface area contributed by atoms with Crippen LogP contribution in [0.5, 0.6) is 0 Å². The van der Waals surface area contributed by atoms with Crippen LogP contribution < -0.4 is 5.48 Å². The SMILES string of the molecule is C=C(C)C(=O)ONCCCCCCCCCCCC. The number of hydrogen-bond donors (Lipinski definition) is 1. The van der Waals surface area contributed by atoms with Gasteiger partial charge in [0.1, 0.15) is 0 Å². The Bertz CT molecular complexity index is 239. The molecule has 0 aliphatic rings. The first-order valence-electron chi connectivity index (χ1n) is 7.78. The van der Waals surface area contributed by atoms with Crippen molar-refractivity contribution < 1.29 is 9.63 Å². The van der Waals surface area contributed by atoms with E-state index in [1.165, 1.54) is 57.8 Å². The zero-order valence-corrected chi connectivity index (χ0v) is 12.8. The van der Waals surface area contributed by atoms with E-state index < -0.39 is 0 Å². The highest BCUT2D eigenvalue weighted by atomic mass is 16.7. The first-order valence-corrected chi connectivity index (χ1v) is 7.78. The minimum atomic E-state index is -0.368. The van der Waals surface area contributed by atoms with E-state index in [1.807, 2.05) is 0 Å². The van der Waals surface area contributed by atoms with Gasteiger partial charge in [0, 0.05) is 12.1 Å². The zero-order chi connectivity index (χ0) is 14.3. The molecule has 0 amide bonds. The Morgan fingerprint density at radius 3 is 1.89 bits per heavy atom. The summed E-state index contributed by atoms with van der Waals surface area (Å²) in [6.45, 7) is 8.14. The maximum atomic E-state index is 11.0. The van der Waals surface area contributed by atoms with E-state index >= 15 is 0 Å². The van der Waals surface area contributed by atoms with Gasteiger partial charge >= 0.3 is 5.97 Å². The van der Waals surface area contributed by atoms with E-state index in [0.29, 0.717) is 5.57 Å². The summed E-state index contributed by atoms with van der Waals surface area (Å²) < 4.78 is 0. The number of hydroxylamine groups is 1. The van der Waals surface area contributed by atoms with Crippen molar-refractivity contribution in [3.05, 3.63) is 12.2 Å². The second kappa shape index (κ2) is 13.6. The smallest absolute Gasteiger partial charge is 0.351 e. The molecule has 0 heterocycles. The van der Waals surface area contributed by atoms with E-state index in [0.717, 1.165) is 13.0 Å². The lowest BCUT2D eigenvalue weighted by Gasteiger charge is -2.05. The normalized spacial score (nSPS) is 10.4. The molecule has 0 saturated carbocycles. The van der Waals surface area contributed by atoms with E-state index in [2.05, 4.69) is 19.0 Å². The summed E-state index contributed by atoms with van der Waals surface area (Å²) in [5, 5.41) is 0. The molecule has 0 spiro atoms. The molecule has 0 saturated heterocycles. The quantitative estimate of drug-likeness (QED) is 0.303. The molecule has 0 aromatic carbocycles. The highest BCUT2D eigenvalue weighted by Gasteiger charge is 2.01. The van der Waals surface area contributed by atoms with Crippen LogP contribution >= 0.6 is 0 Å². The van der Waals surface area contributed by atoms with Gasteiger partial charge in [0.25, 0.3) is 0 Å². The molecule has 19 heavy (non-hydrogen) atoms. The molecule has 0 aliphatic carbocycles. The predicted octanol–water partition coefficient (Wildman–Crippen LogP) is 4.53. The van der Waals surface area contributed by atoms with Gasteiger partial charge < -0.3 is 4.84 Å². The second-order valence-electron chi connectivity index (χ2n) is 5.25. The molecular weight excluding hydrogens is 238 g/mol. The molecule has 112 valence electrons. The lowest BCUT2D eigenvalue weighted by atomic mass is 10.1. The molecule has 3 nitrogen and oxygen atoms in total. The second-order valence-corrected chi connectivity index (χ2v) is 5.25. The van der Waals surface area contributed by atoms with Gasteiger partial charge in [-0.25, -0.2) is 4.79 Å². The summed E-state index contributed by atoms with van der Waals surface area (Å²) in [7, 11) is 0. The fraction of sp³-hybridized carbons (Fsp3) is 0.812. The molecule has 0 radical (unpaired) electrons. The van der Waals surface area contributed by atoms with Crippen LogP contribution in [0.15, 0.2) is 12.2 Å². The molecule has 0 aliphatic heterocycles. The minimum absolute atomic E-state index is 0.368. The first-order chi connectivity index (χ1) is 9.18. The van der Waals surface area contributed by atoms with Gasteiger partial charge in [-0.15, -0.1) is 0 Å². The first kappa shape index (κ1) is 18.2. The maximum absolute atomic E-state index is 11.0. The average Bonchev–Trinajstić information content (AvgIpc) is 2.39. The number of carbonyl (C=O) groups is 1. The van der Waals surface area contributed by atoms with E-state index in [9.17, 15) is 4.79 Å². The van der Waals surface area contributed by atoms with Crippen LogP contribution in [0.25, 0.3) is 0 Å². The van der Waals surface area contributed by atoms with Crippen molar-refractivity contribution in [1.29, 1.82) is 0 Å². The van der Waals surface area contributed by atoms with Crippen LogP contribution in [0.2, 0.25) is 0 Å². The third-order valence-electron chi connectivity index (χ3n) is 3.15. The molecule has 3 heteroatoms. The summed E-state index contributed by atoms with van der Waals surface area (Å²) in [5.74, 6) is -0.368. The van der Waals surface area contributed by atoms with Crippen molar-refractivity contribution >= 4 is 5.97 Å². The largest absolute Gasteiger partial charge is 0.367 e. The Morgan fingerprint density at radius 1 is 0.947 bits per heavy atom. The number of rotatable bonds is 13. The third-order valence-corrected chi connectivity index (χ3v) is 3.15. The lowest BCUT2D eigenvalue weighted by Crippen LogP contribution is -2.21. The number of hydrogen-bond acceptors (Lipinski definition) is 3. The van der Waals surface area contributed by atoms with Gasteiger partial charge in [0.2, 0.25) is 0 Å². The van der Waals surface area contributed by atoms with Gasteiger partial charge in [-0.1, -0.05) is 71.3 Å². The topological polar surface area (TPSA) is 38.3 Å². The Hall–Kier alpha value is -0.830. The van der Waals surface area contributed by atoms with E-state index in [-0.39, 0.29) is 5.97 Å². The fourth-order valence-corrected chi connectivity index (χ4v) is 1.89. The highest BCUT2D eigenvalue weighted by Crippen LogP contribution is 2.10. The summed E-state index contributed by atoms with van der Waals surface area (Å²) in [4.78, 5) is 15.8. The van der Waals surface area contributed by atoms with Gasteiger partial charge in [-0.05, 0) is 13.3 Å². The molecule has 0 fully saturated rings. The van der Waals surface area contributed by atoms with Crippen molar-refractivity contribution in [3.8, 4) is 0 Å². The van der Waals surface area contributed by atoms with E-state index in [1.54, 1.807) is 6.92 Å². The Morgan fingerprint density at radius 2 is 1.42 bits per heavy atom. The molecule has 1 N–H and O–H groups in total. The predicted molar refractivity (Wildman–Crippen MR) is 80.8 cm³/mol. The fourth-order valence-electron chi connectivity index (χ4n) is 1.89. The molecule has 0 aromatic heterocycles. The summed E-state index contributed by atoms with van der Waals surface area (Å²) in [6.07, 6.45) is 13.1. The van der Waals surface area contributed by atoms with Crippen molar-refractivity contribution in [1.82, 2.24) is 5.48 Å². The Balaban J connectivity index is 3.07. The molecule has 0 atom stereocenters. The van der Waals surface area contributed by atoms with Crippen LogP contribution in [0.3, 0.4) is 0 Å². The van der Waals surface area contributed by atoms with Crippen LogP contribution in [0.4, 0.5) is 0 Å². The summed E-state index contributed by atoms with van der Waals surface area (Å²) in [6, 6.07) is 0. The standard InChI is InChI=1S/C16H31NO2/c1-4-5-6-7-8-9-10-11-12-13-14-17-19-16(18)15(2)3/h17H,2,4-14H2,1,3H3. The maximum Gasteiger partial charge on any atom is 0.351 e. The van der Waals surface area contributed by atoms with Crippen molar-refractivity contribution in [3.63, 3.8) is 0 Å². The summed E-state index contributed by atoms with van der Waals surface area (Å²) >= 11 is 0. The van der Waals surface area contributed by atoms with E-state index in [4.69, 9.17) is 4.84 Å².